The van der Waals surface area contributed by atoms with E-state index in [1.807, 2.05) is 29.7 Å². The zero-order chi connectivity index (χ0) is 15.7. The van der Waals surface area contributed by atoms with Crippen molar-refractivity contribution in [2.24, 2.45) is 0 Å². The lowest BCUT2D eigenvalue weighted by atomic mass is 10.0. The molecule has 22 heavy (non-hydrogen) atoms. The van der Waals surface area contributed by atoms with Gasteiger partial charge in [0, 0.05) is 5.39 Å². The van der Waals surface area contributed by atoms with E-state index in [0.29, 0.717) is 5.16 Å². The Morgan fingerprint density at radius 2 is 1.86 bits per heavy atom. The summed E-state index contributed by atoms with van der Waals surface area (Å²) in [5.74, 6) is -0.171. The van der Waals surface area contributed by atoms with Gasteiger partial charge in [0.25, 0.3) is 0 Å². The Kier molecular flexibility index (Phi) is 3.85. The third-order valence-corrected chi connectivity index (χ3v) is 4.39. The Morgan fingerprint density at radius 3 is 2.59 bits per heavy atom. The molecule has 0 aliphatic carbocycles. The number of fused-ring (bicyclic) bond motifs is 1. The molecular formula is C16H15N3O2S. The molecule has 3 aromatic rings. The maximum absolute atomic E-state index is 10.8. The fourth-order valence-corrected chi connectivity index (χ4v) is 3.18. The van der Waals surface area contributed by atoms with Gasteiger partial charge in [-0.1, -0.05) is 42.1 Å². The monoisotopic (exact) mass is 313 g/mol. The van der Waals surface area contributed by atoms with E-state index >= 15 is 0 Å². The van der Waals surface area contributed by atoms with Crippen molar-refractivity contribution in [2.45, 2.75) is 19.0 Å². The van der Waals surface area contributed by atoms with Crippen LogP contribution in [0.25, 0.3) is 16.5 Å². The van der Waals surface area contributed by atoms with E-state index in [-0.39, 0.29) is 5.75 Å². The van der Waals surface area contributed by atoms with Gasteiger partial charge in [-0.15, -0.1) is 10.2 Å². The molecule has 1 aromatic heterocycles. The van der Waals surface area contributed by atoms with Gasteiger partial charge >= 0.3 is 5.97 Å². The molecule has 0 saturated carbocycles. The van der Waals surface area contributed by atoms with Gasteiger partial charge in [0.15, 0.2) is 5.16 Å². The summed E-state index contributed by atoms with van der Waals surface area (Å²) in [5.41, 5.74) is 2.17. The highest BCUT2D eigenvalue weighted by atomic mass is 32.2. The molecule has 1 N–H and O–H groups in total. The van der Waals surface area contributed by atoms with Crippen molar-refractivity contribution < 1.29 is 9.90 Å². The van der Waals surface area contributed by atoms with Crippen molar-refractivity contribution in [1.29, 1.82) is 0 Å². The minimum Gasteiger partial charge on any atom is -0.481 e. The van der Waals surface area contributed by atoms with Crippen LogP contribution in [0.15, 0.2) is 41.6 Å². The average molecular weight is 313 g/mol. The lowest BCUT2D eigenvalue weighted by Gasteiger charge is -2.12. The van der Waals surface area contributed by atoms with Crippen LogP contribution in [0.3, 0.4) is 0 Å². The minimum atomic E-state index is -0.869. The maximum atomic E-state index is 10.8. The number of hydrogen-bond acceptors (Lipinski definition) is 4. The van der Waals surface area contributed by atoms with Gasteiger partial charge in [0.1, 0.15) is 5.82 Å². The van der Waals surface area contributed by atoms with Crippen LogP contribution in [-0.2, 0) is 4.79 Å². The fraction of sp³-hybridized carbons (Fsp3) is 0.188. The summed E-state index contributed by atoms with van der Waals surface area (Å²) < 4.78 is 1.91. The molecule has 6 heteroatoms. The molecule has 112 valence electrons. The molecule has 0 bridgehead atoms. The SMILES string of the molecule is Cc1ccc(-n2c(C)nnc2SCC(=O)O)c2ccccc12. The van der Waals surface area contributed by atoms with Crippen molar-refractivity contribution in [3.05, 3.63) is 47.8 Å². The normalized spacial score (nSPS) is 11.0. The van der Waals surface area contributed by atoms with Gasteiger partial charge in [-0.25, -0.2) is 0 Å². The summed E-state index contributed by atoms with van der Waals surface area (Å²) in [6.07, 6.45) is 0. The summed E-state index contributed by atoms with van der Waals surface area (Å²) in [7, 11) is 0. The molecule has 0 aliphatic rings. The molecule has 0 saturated heterocycles. The molecule has 0 radical (unpaired) electrons. The number of aryl methyl sites for hydroxylation is 2. The molecule has 3 rings (SSSR count). The van der Waals surface area contributed by atoms with Crippen LogP contribution in [0.5, 0.6) is 0 Å². The van der Waals surface area contributed by atoms with Crippen LogP contribution < -0.4 is 0 Å². The molecule has 0 aliphatic heterocycles. The number of thioether (sulfide) groups is 1. The highest BCUT2D eigenvalue weighted by Gasteiger charge is 2.15. The summed E-state index contributed by atoms with van der Waals surface area (Å²) in [5, 5.41) is 19.9. The van der Waals surface area contributed by atoms with Crippen LogP contribution in [-0.4, -0.2) is 31.6 Å². The molecule has 0 spiro atoms. The van der Waals surface area contributed by atoms with Crippen molar-refractivity contribution in [1.82, 2.24) is 14.8 Å². The topological polar surface area (TPSA) is 68.0 Å². The Labute approximate surface area is 132 Å². The van der Waals surface area contributed by atoms with Gasteiger partial charge in [0.2, 0.25) is 0 Å². The number of hydrogen-bond donors (Lipinski definition) is 1. The zero-order valence-electron chi connectivity index (χ0n) is 12.3. The van der Waals surface area contributed by atoms with Crippen LogP contribution in [0, 0.1) is 13.8 Å². The Hall–Kier alpha value is -2.34. The average Bonchev–Trinajstić information content (AvgIpc) is 2.87. The molecule has 0 unspecified atom stereocenters. The van der Waals surface area contributed by atoms with Gasteiger partial charge in [-0.2, -0.15) is 0 Å². The molecule has 5 nitrogen and oxygen atoms in total. The lowest BCUT2D eigenvalue weighted by Crippen LogP contribution is -2.03. The van der Waals surface area contributed by atoms with E-state index in [2.05, 4.69) is 35.3 Å². The second kappa shape index (κ2) is 5.81. The van der Waals surface area contributed by atoms with Gasteiger partial charge < -0.3 is 5.11 Å². The summed E-state index contributed by atoms with van der Waals surface area (Å²) in [6.45, 7) is 3.94. The number of aromatic nitrogens is 3. The number of nitrogens with zero attached hydrogens (tertiary/aromatic N) is 3. The Bertz CT molecular complexity index is 858. The highest BCUT2D eigenvalue weighted by Crippen LogP contribution is 2.29. The van der Waals surface area contributed by atoms with Gasteiger partial charge in [0.05, 0.1) is 11.4 Å². The predicted octanol–water partition coefficient (Wildman–Crippen LogP) is 3.21. The number of aliphatic carboxylic acids is 1. The van der Waals surface area contributed by atoms with Crippen molar-refractivity contribution in [3.63, 3.8) is 0 Å². The van der Waals surface area contributed by atoms with E-state index in [9.17, 15) is 4.79 Å². The third-order valence-electron chi connectivity index (χ3n) is 3.48. The molecular weight excluding hydrogens is 298 g/mol. The van der Waals surface area contributed by atoms with E-state index in [0.717, 1.165) is 16.9 Å². The van der Waals surface area contributed by atoms with Crippen LogP contribution in [0.1, 0.15) is 11.4 Å². The summed E-state index contributed by atoms with van der Waals surface area (Å²) >= 11 is 1.17. The highest BCUT2D eigenvalue weighted by molar-refractivity contribution is 7.99. The van der Waals surface area contributed by atoms with Crippen molar-refractivity contribution >= 4 is 28.5 Å². The molecule has 0 atom stereocenters. The summed E-state index contributed by atoms with van der Waals surface area (Å²) in [4.78, 5) is 10.8. The first-order valence-corrected chi connectivity index (χ1v) is 7.82. The summed E-state index contributed by atoms with van der Waals surface area (Å²) in [6, 6.07) is 12.2. The van der Waals surface area contributed by atoms with E-state index < -0.39 is 5.97 Å². The quantitative estimate of drug-likeness (QED) is 0.749. The van der Waals surface area contributed by atoms with Gasteiger partial charge in [-0.3, -0.25) is 9.36 Å². The Morgan fingerprint density at radius 1 is 1.14 bits per heavy atom. The second-order valence-corrected chi connectivity index (χ2v) is 5.94. The van der Waals surface area contributed by atoms with E-state index in [4.69, 9.17) is 5.11 Å². The predicted molar refractivity (Wildman–Crippen MR) is 86.7 cm³/mol. The zero-order valence-corrected chi connectivity index (χ0v) is 13.1. The fourth-order valence-electron chi connectivity index (χ4n) is 2.47. The first-order valence-electron chi connectivity index (χ1n) is 6.83. The van der Waals surface area contributed by atoms with Crippen molar-refractivity contribution in [2.75, 3.05) is 5.75 Å². The molecule has 1 heterocycles. The third kappa shape index (κ3) is 2.57. The van der Waals surface area contributed by atoms with E-state index in [1.54, 1.807) is 0 Å². The number of carboxylic acids is 1. The van der Waals surface area contributed by atoms with Gasteiger partial charge in [-0.05, 0) is 30.9 Å². The minimum absolute atomic E-state index is 0.0398. The lowest BCUT2D eigenvalue weighted by molar-refractivity contribution is -0.133. The largest absolute Gasteiger partial charge is 0.481 e. The standard InChI is InChI=1S/C16H15N3O2S/c1-10-7-8-14(13-6-4-3-5-12(10)13)19-11(2)17-18-16(19)22-9-15(20)21/h3-8H,9H2,1-2H3,(H,20,21). The smallest absolute Gasteiger partial charge is 0.313 e. The van der Waals surface area contributed by atoms with Crippen LogP contribution in [0.4, 0.5) is 0 Å². The number of carbonyl (C=O) groups is 1. The van der Waals surface area contributed by atoms with Crippen LogP contribution in [0.2, 0.25) is 0 Å². The first-order chi connectivity index (χ1) is 10.6. The molecule has 0 amide bonds. The maximum Gasteiger partial charge on any atom is 0.313 e. The number of benzene rings is 2. The first kappa shape index (κ1) is 14.6. The number of carboxylic acid groups (broad SMARTS) is 1. The number of rotatable bonds is 4. The van der Waals surface area contributed by atoms with Crippen molar-refractivity contribution in [3.8, 4) is 5.69 Å². The Balaban J connectivity index is 2.18. The molecule has 2 aromatic carbocycles. The second-order valence-electron chi connectivity index (χ2n) is 4.99. The molecule has 0 fully saturated rings. The van der Waals surface area contributed by atoms with E-state index in [1.165, 1.54) is 22.7 Å². The van der Waals surface area contributed by atoms with Crippen LogP contribution >= 0.6 is 11.8 Å².